The van der Waals surface area contributed by atoms with Gasteiger partial charge < -0.3 is 10.5 Å². The van der Waals surface area contributed by atoms with Crippen molar-refractivity contribution in [1.29, 1.82) is 0 Å². The Labute approximate surface area is 91.2 Å². The van der Waals surface area contributed by atoms with Crippen molar-refractivity contribution in [2.45, 2.75) is 24.6 Å². The van der Waals surface area contributed by atoms with Gasteiger partial charge in [-0.05, 0) is 18.9 Å². The Bertz CT molecular complexity index is 387. The number of benzene rings is 1. The van der Waals surface area contributed by atoms with E-state index in [2.05, 4.69) is 0 Å². The second-order valence-electron chi connectivity index (χ2n) is 4.04. The van der Waals surface area contributed by atoms with Gasteiger partial charge in [-0.2, -0.15) is 13.2 Å². The highest BCUT2D eigenvalue weighted by Gasteiger charge is 2.45. The fourth-order valence-electron chi connectivity index (χ4n) is 1.78. The number of hydrogen-bond acceptors (Lipinski definition) is 2. The maximum Gasteiger partial charge on any atom is 0.419 e. The summed E-state index contributed by atoms with van der Waals surface area (Å²) in [7, 11) is 1.24. The van der Waals surface area contributed by atoms with Gasteiger partial charge in [0.1, 0.15) is 5.75 Å². The molecule has 0 heterocycles. The Morgan fingerprint density at radius 1 is 1.31 bits per heavy atom. The van der Waals surface area contributed by atoms with E-state index >= 15 is 0 Å². The first-order valence-electron chi connectivity index (χ1n) is 4.92. The zero-order valence-corrected chi connectivity index (χ0v) is 8.77. The second-order valence-corrected chi connectivity index (χ2v) is 4.04. The normalized spacial score (nSPS) is 18.3. The summed E-state index contributed by atoms with van der Waals surface area (Å²) in [4.78, 5) is 0. The lowest BCUT2D eigenvalue weighted by Crippen LogP contribution is -2.21. The van der Waals surface area contributed by atoms with Gasteiger partial charge in [0.15, 0.2) is 0 Å². The standard InChI is InChI=1S/C11H12F3NO/c1-16-9-7(10(15)5-6-10)3-2-4-8(9)11(12,13)14/h2-4H,5-6,15H2,1H3. The van der Waals surface area contributed by atoms with Gasteiger partial charge in [-0.15, -0.1) is 0 Å². The van der Waals surface area contributed by atoms with Crippen LogP contribution in [0.3, 0.4) is 0 Å². The third-order valence-corrected chi connectivity index (χ3v) is 2.85. The molecular formula is C11H12F3NO. The maximum absolute atomic E-state index is 12.7. The van der Waals surface area contributed by atoms with Crippen molar-refractivity contribution in [2.24, 2.45) is 5.73 Å². The average Bonchev–Trinajstić information content (AvgIpc) is 2.95. The van der Waals surface area contributed by atoms with Gasteiger partial charge >= 0.3 is 6.18 Å². The summed E-state index contributed by atoms with van der Waals surface area (Å²) in [5.74, 6) is -0.144. The Kier molecular flexibility index (Phi) is 2.38. The number of hydrogen-bond donors (Lipinski definition) is 1. The first-order valence-corrected chi connectivity index (χ1v) is 4.92. The zero-order chi connectivity index (χ0) is 12.0. The monoisotopic (exact) mass is 231 g/mol. The predicted octanol–water partition coefficient (Wildman–Crippen LogP) is 2.66. The minimum absolute atomic E-state index is 0.144. The summed E-state index contributed by atoms with van der Waals surface area (Å²) in [5.41, 5.74) is 4.97. The van der Waals surface area contributed by atoms with Crippen molar-refractivity contribution in [3.8, 4) is 5.75 Å². The molecule has 0 saturated heterocycles. The molecule has 0 aliphatic heterocycles. The van der Waals surface area contributed by atoms with Crippen molar-refractivity contribution in [2.75, 3.05) is 7.11 Å². The molecule has 1 fully saturated rings. The van der Waals surface area contributed by atoms with Crippen LogP contribution in [-0.2, 0) is 11.7 Å². The maximum atomic E-state index is 12.7. The van der Waals surface area contributed by atoms with Gasteiger partial charge in [-0.25, -0.2) is 0 Å². The third kappa shape index (κ3) is 1.75. The molecule has 1 aliphatic rings. The number of rotatable bonds is 2. The van der Waals surface area contributed by atoms with E-state index in [0.717, 1.165) is 6.07 Å². The van der Waals surface area contributed by atoms with Crippen molar-refractivity contribution in [3.05, 3.63) is 29.3 Å². The molecule has 2 nitrogen and oxygen atoms in total. The van der Waals surface area contributed by atoms with Crippen molar-refractivity contribution in [1.82, 2.24) is 0 Å². The van der Waals surface area contributed by atoms with E-state index in [4.69, 9.17) is 10.5 Å². The summed E-state index contributed by atoms with van der Waals surface area (Å²) >= 11 is 0. The molecule has 2 rings (SSSR count). The van der Waals surface area contributed by atoms with Gasteiger partial charge in [-0.1, -0.05) is 12.1 Å². The van der Waals surface area contributed by atoms with E-state index in [-0.39, 0.29) is 5.75 Å². The van der Waals surface area contributed by atoms with Crippen LogP contribution in [0.5, 0.6) is 5.75 Å². The topological polar surface area (TPSA) is 35.2 Å². The number of nitrogens with two attached hydrogens (primary N) is 1. The van der Waals surface area contributed by atoms with E-state index in [0.29, 0.717) is 18.4 Å². The molecule has 0 aromatic heterocycles. The van der Waals surface area contributed by atoms with Crippen molar-refractivity contribution in [3.63, 3.8) is 0 Å². The lowest BCUT2D eigenvalue weighted by Gasteiger charge is -2.18. The predicted molar refractivity (Wildman–Crippen MR) is 53.1 cm³/mol. The minimum atomic E-state index is -4.41. The van der Waals surface area contributed by atoms with E-state index in [1.54, 1.807) is 6.07 Å². The SMILES string of the molecule is COc1c(C(F)(F)F)cccc1C1(N)CC1. The molecule has 0 radical (unpaired) electrons. The lowest BCUT2D eigenvalue weighted by molar-refractivity contribution is -0.138. The van der Waals surface area contributed by atoms with Gasteiger partial charge in [0.2, 0.25) is 0 Å². The van der Waals surface area contributed by atoms with E-state index < -0.39 is 17.3 Å². The number of halogens is 3. The van der Waals surface area contributed by atoms with Crippen LogP contribution < -0.4 is 10.5 Å². The number of ether oxygens (including phenoxy) is 1. The van der Waals surface area contributed by atoms with Crippen LogP contribution in [0.1, 0.15) is 24.0 Å². The van der Waals surface area contributed by atoms with Gasteiger partial charge in [-0.3, -0.25) is 0 Å². The quantitative estimate of drug-likeness (QED) is 0.849. The molecule has 1 saturated carbocycles. The molecule has 0 bridgehead atoms. The van der Waals surface area contributed by atoms with E-state index in [1.165, 1.54) is 13.2 Å². The largest absolute Gasteiger partial charge is 0.496 e. The average molecular weight is 231 g/mol. The van der Waals surface area contributed by atoms with Crippen LogP contribution in [-0.4, -0.2) is 7.11 Å². The summed E-state index contributed by atoms with van der Waals surface area (Å²) in [5, 5.41) is 0. The molecule has 1 aromatic carbocycles. The van der Waals surface area contributed by atoms with E-state index in [9.17, 15) is 13.2 Å². The van der Waals surface area contributed by atoms with Crippen LogP contribution in [0.4, 0.5) is 13.2 Å². The van der Waals surface area contributed by atoms with Gasteiger partial charge in [0.25, 0.3) is 0 Å². The Morgan fingerprint density at radius 3 is 2.38 bits per heavy atom. The molecule has 0 unspecified atom stereocenters. The molecule has 1 aliphatic carbocycles. The molecule has 0 atom stereocenters. The minimum Gasteiger partial charge on any atom is -0.496 e. The summed E-state index contributed by atoms with van der Waals surface area (Å²) in [6.07, 6.45) is -3.01. The molecular weight excluding hydrogens is 219 g/mol. The molecule has 2 N–H and O–H groups in total. The molecule has 0 amide bonds. The Balaban J connectivity index is 2.56. The summed E-state index contributed by atoms with van der Waals surface area (Å²) in [6, 6.07) is 3.97. The zero-order valence-electron chi connectivity index (χ0n) is 8.77. The van der Waals surface area contributed by atoms with Gasteiger partial charge in [0.05, 0.1) is 12.7 Å². The van der Waals surface area contributed by atoms with E-state index in [1.807, 2.05) is 0 Å². The number of para-hydroxylation sites is 1. The lowest BCUT2D eigenvalue weighted by atomic mass is 10.0. The fraction of sp³-hybridized carbons (Fsp3) is 0.455. The first kappa shape index (κ1) is 11.3. The van der Waals surface area contributed by atoms with Crippen LogP contribution in [0.2, 0.25) is 0 Å². The highest BCUT2D eigenvalue weighted by atomic mass is 19.4. The third-order valence-electron chi connectivity index (χ3n) is 2.85. The highest BCUT2D eigenvalue weighted by molar-refractivity contribution is 5.48. The fourth-order valence-corrected chi connectivity index (χ4v) is 1.78. The molecule has 5 heteroatoms. The molecule has 88 valence electrons. The van der Waals surface area contributed by atoms with Crippen molar-refractivity contribution < 1.29 is 17.9 Å². The number of alkyl halides is 3. The smallest absolute Gasteiger partial charge is 0.419 e. The molecule has 16 heavy (non-hydrogen) atoms. The van der Waals surface area contributed by atoms with Crippen LogP contribution >= 0.6 is 0 Å². The second kappa shape index (κ2) is 3.38. The van der Waals surface area contributed by atoms with Crippen LogP contribution in [0, 0.1) is 0 Å². The molecule has 1 aromatic rings. The van der Waals surface area contributed by atoms with Crippen LogP contribution in [0.25, 0.3) is 0 Å². The highest BCUT2D eigenvalue weighted by Crippen LogP contribution is 2.49. The van der Waals surface area contributed by atoms with Crippen LogP contribution in [0.15, 0.2) is 18.2 Å². The summed E-state index contributed by atoms with van der Waals surface area (Å²) < 4.78 is 43.0. The Morgan fingerprint density at radius 2 is 1.94 bits per heavy atom. The summed E-state index contributed by atoms with van der Waals surface area (Å²) in [6.45, 7) is 0. The van der Waals surface area contributed by atoms with Gasteiger partial charge in [0, 0.05) is 11.1 Å². The Hall–Kier alpha value is -1.23. The van der Waals surface area contributed by atoms with Crippen molar-refractivity contribution >= 4 is 0 Å². The molecule has 0 spiro atoms. The first-order chi connectivity index (χ1) is 7.38. The number of methoxy groups -OCH3 is 1.